The number of hydrogen-bond acceptors (Lipinski definition) is 2. The molecule has 0 fully saturated rings. The van der Waals surface area contributed by atoms with Gasteiger partial charge >= 0.3 is 0 Å². The molecule has 11 rings (SSSR count). The molecule has 0 radical (unpaired) electrons. The minimum Gasteiger partial charge on any atom is -0.454 e. The Hall–Kier alpha value is -7.42. The van der Waals surface area contributed by atoms with Gasteiger partial charge in [0, 0.05) is 27.6 Å². The van der Waals surface area contributed by atoms with Crippen LogP contribution >= 0.6 is 0 Å². The van der Waals surface area contributed by atoms with Gasteiger partial charge in [-0.25, -0.2) is 0 Å². The number of hydrogen-bond donors (Lipinski definition) is 0. The Kier molecular flexibility index (Phi) is 8.20. The second kappa shape index (κ2) is 13.9. The molecule has 0 atom stereocenters. The van der Waals surface area contributed by atoms with Crippen LogP contribution in [-0.2, 0) is 5.41 Å². The van der Waals surface area contributed by atoms with Crippen LogP contribution < -0.4 is 4.90 Å². The molecule has 2 heteroatoms. The number of nitrogens with zero attached hydrogens (tertiary/aromatic N) is 1. The smallest absolute Gasteiger partial charge is 0.159 e. The molecule has 0 amide bonds. The standard InChI is InChI=1S/C57H41NO/c1-57(2)52-19-11-9-17-48(52)49-34-33-47(37-53(49)57)58(46-31-29-43(30-32-46)42-23-21-40(22-24-42)38-13-5-3-6-14-38)54-36-45(35-51-50-18-10-12-20-55(50)59-56(51)54)44-27-25-41(26-28-44)39-15-7-4-8-16-39/h3-37H,1-2H3. The predicted octanol–water partition coefficient (Wildman–Crippen LogP) is 16.0. The average Bonchev–Trinajstić information content (AvgIpc) is 3.79. The number of benzene rings is 9. The summed E-state index contributed by atoms with van der Waals surface area (Å²) in [5.74, 6) is 0. The summed E-state index contributed by atoms with van der Waals surface area (Å²) >= 11 is 0. The lowest BCUT2D eigenvalue weighted by molar-refractivity contribution is 0.660. The Morgan fingerprint density at radius 1 is 0.356 bits per heavy atom. The van der Waals surface area contributed by atoms with E-state index >= 15 is 0 Å². The summed E-state index contributed by atoms with van der Waals surface area (Å²) in [6.45, 7) is 4.70. The van der Waals surface area contributed by atoms with Gasteiger partial charge in [-0.3, -0.25) is 0 Å². The summed E-state index contributed by atoms with van der Waals surface area (Å²) in [6, 6.07) is 76.8. The molecule has 0 saturated heterocycles. The Morgan fingerprint density at radius 2 is 0.831 bits per heavy atom. The van der Waals surface area contributed by atoms with Crippen molar-refractivity contribution < 1.29 is 4.42 Å². The van der Waals surface area contributed by atoms with E-state index in [0.29, 0.717) is 0 Å². The second-order valence-corrected chi connectivity index (χ2v) is 16.1. The molecular weight excluding hydrogens is 715 g/mol. The molecule has 0 saturated carbocycles. The van der Waals surface area contributed by atoms with E-state index in [4.69, 9.17) is 4.42 Å². The SMILES string of the molecule is CC1(C)c2ccccc2-c2ccc(N(c3ccc(-c4ccc(-c5ccccc5)cc4)cc3)c3cc(-c4ccc(-c5ccccc5)cc4)cc4c3oc3ccccc34)cc21. The average molecular weight is 756 g/mol. The molecular formula is C57H41NO. The van der Waals surface area contributed by atoms with E-state index in [0.717, 1.165) is 50.1 Å². The van der Waals surface area contributed by atoms with Gasteiger partial charge in [-0.05, 0) is 109 Å². The maximum absolute atomic E-state index is 6.86. The van der Waals surface area contributed by atoms with Crippen LogP contribution in [0, 0.1) is 0 Å². The van der Waals surface area contributed by atoms with Crippen LogP contribution in [0.15, 0.2) is 217 Å². The van der Waals surface area contributed by atoms with Crippen LogP contribution in [-0.4, -0.2) is 0 Å². The van der Waals surface area contributed by atoms with E-state index in [2.05, 4.69) is 231 Å². The maximum atomic E-state index is 6.86. The first-order chi connectivity index (χ1) is 29.0. The first-order valence-corrected chi connectivity index (χ1v) is 20.4. The topological polar surface area (TPSA) is 16.4 Å². The zero-order valence-corrected chi connectivity index (χ0v) is 33.1. The fraction of sp³-hybridized carbons (Fsp3) is 0.0526. The third kappa shape index (κ3) is 5.96. The summed E-state index contributed by atoms with van der Waals surface area (Å²) in [7, 11) is 0. The zero-order chi connectivity index (χ0) is 39.5. The largest absolute Gasteiger partial charge is 0.454 e. The van der Waals surface area contributed by atoms with Crippen molar-refractivity contribution in [3.8, 4) is 55.6 Å². The number of fused-ring (bicyclic) bond motifs is 6. The molecule has 59 heavy (non-hydrogen) atoms. The second-order valence-electron chi connectivity index (χ2n) is 16.1. The van der Waals surface area contributed by atoms with Crippen LogP contribution in [0.2, 0.25) is 0 Å². The van der Waals surface area contributed by atoms with E-state index in [1.165, 1.54) is 55.6 Å². The van der Waals surface area contributed by atoms with Crippen LogP contribution in [0.1, 0.15) is 25.0 Å². The van der Waals surface area contributed by atoms with E-state index in [-0.39, 0.29) is 5.41 Å². The van der Waals surface area contributed by atoms with Crippen molar-refractivity contribution in [2.24, 2.45) is 0 Å². The van der Waals surface area contributed by atoms with Crippen molar-refractivity contribution in [3.05, 3.63) is 223 Å². The molecule has 0 unspecified atom stereocenters. The van der Waals surface area contributed by atoms with Gasteiger partial charge in [-0.2, -0.15) is 0 Å². The summed E-state index contributed by atoms with van der Waals surface area (Å²) < 4.78 is 6.86. The van der Waals surface area contributed by atoms with Crippen LogP contribution in [0.3, 0.4) is 0 Å². The van der Waals surface area contributed by atoms with Crippen molar-refractivity contribution in [1.82, 2.24) is 0 Å². The van der Waals surface area contributed by atoms with Gasteiger partial charge in [0.25, 0.3) is 0 Å². The minimum atomic E-state index is -0.152. The van der Waals surface area contributed by atoms with Gasteiger partial charge < -0.3 is 9.32 Å². The highest BCUT2D eigenvalue weighted by molar-refractivity contribution is 6.12. The maximum Gasteiger partial charge on any atom is 0.159 e. The van der Waals surface area contributed by atoms with E-state index in [9.17, 15) is 0 Å². The molecule has 1 aromatic heterocycles. The fourth-order valence-corrected chi connectivity index (χ4v) is 9.17. The summed E-state index contributed by atoms with van der Waals surface area (Å²) in [6.07, 6.45) is 0. The van der Waals surface area contributed by atoms with Crippen molar-refractivity contribution in [1.29, 1.82) is 0 Å². The van der Waals surface area contributed by atoms with Crippen molar-refractivity contribution >= 4 is 39.0 Å². The number of para-hydroxylation sites is 1. The predicted molar refractivity (Wildman–Crippen MR) is 248 cm³/mol. The summed E-state index contributed by atoms with van der Waals surface area (Å²) in [5, 5.41) is 2.19. The van der Waals surface area contributed by atoms with Crippen LogP contribution in [0.25, 0.3) is 77.6 Å². The van der Waals surface area contributed by atoms with Gasteiger partial charge in [0.15, 0.2) is 5.58 Å². The molecule has 9 aromatic carbocycles. The monoisotopic (exact) mass is 755 g/mol. The molecule has 2 nitrogen and oxygen atoms in total. The fourth-order valence-electron chi connectivity index (χ4n) is 9.17. The highest BCUT2D eigenvalue weighted by Gasteiger charge is 2.36. The quantitative estimate of drug-likeness (QED) is 0.161. The molecule has 0 bridgehead atoms. The zero-order valence-electron chi connectivity index (χ0n) is 33.1. The van der Waals surface area contributed by atoms with Gasteiger partial charge in [0.05, 0.1) is 5.69 Å². The molecule has 0 spiro atoms. The van der Waals surface area contributed by atoms with Gasteiger partial charge in [0.1, 0.15) is 5.58 Å². The van der Waals surface area contributed by atoms with Crippen LogP contribution in [0.5, 0.6) is 0 Å². The van der Waals surface area contributed by atoms with Crippen molar-refractivity contribution in [2.75, 3.05) is 4.90 Å². The molecule has 0 N–H and O–H groups in total. The first-order valence-electron chi connectivity index (χ1n) is 20.4. The number of rotatable bonds is 7. The number of anilines is 3. The lowest BCUT2D eigenvalue weighted by Gasteiger charge is -2.28. The van der Waals surface area contributed by atoms with Crippen molar-refractivity contribution in [2.45, 2.75) is 19.3 Å². The Morgan fingerprint density at radius 3 is 1.46 bits per heavy atom. The van der Waals surface area contributed by atoms with E-state index < -0.39 is 0 Å². The lowest BCUT2D eigenvalue weighted by atomic mass is 9.82. The molecule has 1 aliphatic rings. The van der Waals surface area contributed by atoms with Crippen molar-refractivity contribution in [3.63, 3.8) is 0 Å². The Labute approximate surface area is 345 Å². The minimum absolute atomic E-state index is 0.152. The van der Waals surface area contributed by atoms with Gasteiger partial charge in [0.2, 0.25) is 0 Å². The number of furan rings is 1. The van der Waals surface area contributed by atoms with Gasteiger partial charge in [-0.15, -0.1) is 0 Å². The third-order valence-corrected chi connectivity index (χ3v) is 12.3. The Bertz CT molecular complexity index is 3140. The third-order valence-electron chi connectivity index (χ3n) is 12.3. The van der Waals surface area contributed by atoms with E-state index in [1.807, 2.05) is 0 Å². The Balaban J connectivity index is 1.09. The molecule has 280 valence electrons. The molecule has 1 heterocycles. The first kappa shape index (κ1) is 34.8. The normalized spacial score (nSPS) is 12.7. The molecule has 10 aromatic rings. The highest BCUT2D eigenvalue weighted by Crippen LogP contribution is 2.52. The van der Waals surface area contributed by atoms with Gasteiger partial charge in [-0.1, -0.05) is 184 Å². The molecule has 0 aliphatic heterocycles. The summed E-state index contributed by atoms with van der Waals surface area (Å²) in [5.41, 5.74) is 19.5. The van der Waals surface area contributed by atoms with Crippen LogP contribution in [0.4, 0.5) is 17.1 Å². The highest BCUT2D eigenvalue weighted by atomic mass is 16.3. The summed E-state index contributed by atoms with van der Waals surface area (Å²) in [4.78, 5) is 2.40. The lowest BCUT2D eigenvalue weighted by Crippen LogP contribution is -2.16. The van der Waals surface area contributed by atoms with E-state index in [1.54, 1.807) is 0 Å². The molecule has 1 aliphatic carbocycles.